The zero-order chi connectivity index (χ0) is 22.9. The van der Waals surface area contributed by atoms with E-state index in [2.05, 4.69) is 4.98 Å². The summed E-state index contributed by atoms with van der Waals surface area (Å²) in [7, 11) is 0. The average Bonchev–Trinajstić information content (AvgIpc) is 3.11. The maximum atomic E-state index is 13.6. The van der Waals surface area contributed by atoms with Crippen LogP contribution in [-0.4, -0.2) is 40.1 Å². The highest BCUT2D eigenvalue weighted by Gasteiger charge is 2.47. The van der Waals surface area contributed by atoms with Crippen LogP contribution >= 0.6 is 11.6 Å². The molecule has 0 aliphatic carbocycles. The number of alkyl halides is 2. The molecule has 0 N–H and O–H groups in total. The number of amides is 1. The van der Waals surface area contributed by atoms with Gasteiger partial charge in [0.1, 0.15) is 6.04 Å². The lowest BCUT2D eigenvalue weighted by Crippen LogP contribution is -2.36. The van der Waals surface area contributed by atoms with E-state index >= 15 is 0 Å². The molecule has 2 aromatic carbocycles. The van der Waals surface area contributed by atoms with E-state index < -0.39 is 30.8 Å². The fourth-order valence-corrected chi connectivity index (χ4v) is 4.13. The van der Waals surface area contributed by atoms with Crippen molar-refractivity contribution in [3.63, 3.8) is 0 Å². The van der Waals surface area contributed by atoms with Crippen molar-refractivity contribution in [2.24, 2.45) is 0 Å². The first-order valence-corrected chi connectivity index (χ1v) is 10.4. The number of nitriles is 1. The number of benzene rings is 2. The van der Waals surface area contributed by atoms with E-state index in [-0.39, 0.29) is 18.6 Å². The summed E-state index contributed by atoms with van der Waals surface area (Å²) in [5.41, 5.74) is 1.79. The number of hydrogen-bond donors (Lipinski definition) is 0. The maximum absolute atomic E-state index is 13.6. The summed E-state index contributed by atoms with van der Waals surface area (Å²) in [4.78, 5) is 30.3. The van der Waals surface area contributed by atoms with Crippen LogP contribution in [0.3, 0.4) is 0 Å². The van der Waals surface area contributed by atoms with Crippen LogP contribution in [0.25, 0.3) is 21.9 Å². The van der Waals surface area contributed by atoms with Crippen molar-refractivity contribution in [3.8, 4) is 17.2 Å². The van der Waals surface area contributed by atoms with Crippen LogP contribution in [0.1, 0.15) is 29.6 Å². The minimum absolute atomic E-state index is 0.154. The van der Waals surface area contributed by atoms with Crippen LogP contribution in [-0.2, 0) is 4.79 Å². The Morgan fingerprint density at radius 3 is 2.69 bits per heavy atom. The van der Waals surface area contributed by atoms with Gasteiger partial charge < -0.3 is 4.90 Å². The van der Waals surface area contributed by atoms with Crippen molar-refractivity contribution in [1.29, 1.82) is 5.26 Å². The highest BCUT2D eigenvalue weighted by Crippen LogP contribution is 2.33. The van der Waals surface area contributed by atoms with Crippen molar-refractivity contribution >= 4 is 34.1 Å². The molecule has 1 aliphatic rings. The summed E-state index contributed by atoms with van der Waals surface area (Å²) < 4.78 is 27.2. The van der Waals surface area contributed by atoms with Gasteiger partial charge in [-0.1, -0.05) is 29.8 Å². The quantitative estimate of drug-likeness (QED) is 0.493. The number of fused-ring (bicyclic) bond motifs is 1. The predicted octanol–water partition coefficient (Wildman–Crippen LogP) is 5.28. The number of pyridine rings is 1. The van der Waals surface area contributed by atoms with Gasteiger partial charge in [-0.25, -0.2) is 8.78 Å². The van der Waals surface area contributed by atoms with Gasteiger partial charge in [0.2, 0.25) is 5.91 Å². The molecular formula is C24H18ClF2N3O2. The number of likely N-dealkylation sites (tertiary alicyclic amines) is 1. The fourth-order valence-electron chi connectivity index (χ4n) is 3.94. The maximum Gasteiger partial charge on any atom is 0.268 e. The summed E-state index contributed by atoms with van der Waals surface area (Å²) in [6, 6.07) is 13.3. The highest BCUT2D eigenvalue weighted by molar-refractivity contribution is 6.31. The Morgan fingerprint density at radius 2 is 1.91 bits per heavy atom. The van der Waals surface area contributed by atoms with Gasteiger partial charge in [0.05, 0.1) is 12.6 Å². The van der Waals surface area contributed by atoms with Crippen LogP contribution in [0.5, 0.6) is 0 Å². The second-order valence-electron chi connectivity index (χ2n) is 7.78. The zero-order valence-corrected chi connectivity index (χ0v) is 17.6. The molecule has 1 saturated heterocycles. The Balaban J connectivity index is 1.53. The molecule has 0 spiro atoms. The molecule has 1 amide bonds. The summed E-state index contributed by atoms with van der Waals surface area (Å²) >= 11 is 6.04. The molecule has 1 aliphatic heterocycles. The zero-order valence-electron chi connectivity index (χ0n) is 16.9. The second-order valence-corrected chi connectivity index (χ2v) is 8.21. The molecule has 1 fully saturated rings. The standard InChI is InChI=1S/C24H18ClF2N3O2/c25-18-4-3-15-9-17(2-1-16(15)10-18)21-13-29-8-7-20(21)22(31)5-6-23(32)30-14-24(26,27)11-19(30)12-28/h1-4,7-10,13,19H,5-6,11,14H2/t19-/m0/s1. The van der Waals surface area contributed by atoms with E-state index in [0.29, 0.717) is 16.1 Å². The lowest BCUT2D eigenvalue weighted by atomic mass is 9.95. The lowest BCUT2D eigenvalue weighted by Gasteiger charge is -2.19. The third kappa shape index (κ3) is 4.46. The van der Waals surface area contributed by atoms with Crippen molar-refractivity contribution in [2.75, 3.05) is 6.54 Å². The van der Waals surface area contributed by atoms with Crippen LogP contribution in [0.2, 0.25) is 5.02 Å². The van der Waals surface area contributed by atoms with E-state index in [4.69, 9.17) is 16.9 Å². The van der Waals surface area contributed by atoms with E-state index in [9.17, 15) is 18.4 Å². The molecule has 8 heteroatoms. The summed E-state index contributed by atoms with van der Waals surface area (Å²) in [5.74, 6) is -4.01. The van der Waals surface area contributed by atoms with E-state index in [1.54, 1.807) is 24.4 Å². The van der Waals surface area contributed by atoms with Crippen molar-refractivity contribution in [3.05, 3.63) is 65.4 Å². The topological polar surface area (TPSA) is 74.1 Å². The number of rotatable bonds is 5. The average molecular weight is 454 g/mol. The third-order valence-electron chi connectivity index (χ3n) is 5.54. The minimum Gasteiger partial charge on any atom is -0.320 e. The molecule has 5 nitrogen and oxygen atoms in total. The number of Topliss-reactive ketones (excluding diaryl/α,β-unsaturated/α-hetero) is 1. The highest BCUT2D eigenvalue weighted by atomic mass is 35.5. The summed E-state index contributed by atoms with van der Waals surface area (Å²) in [5, 5.41) is 11.6. The summed E-state index contributed by atoms with van der Waals surface area (Å²) in [6.45, 7) is -0.792. The Morgan fingerprint density at radius 1 is 1.16 bits per heavy atom. The molecular weight excluding hydrogens is 436 g/mol. The smallest absolute Gasteiger partial charge is 0.268 e. The van der Waals surface area contributed by atoms with Gasteiger partial charge >= 0.3 is 0 Å². The molecule has 2 heterocycles. The Kier molecular flexibility index (Phi) is 5.90. The predicted molar refractivity (Wildman–Crippen MR) is 116 cm³/mol. The molecule has 162 valence electrons. The Hall–Kier alpha value is -3.37. The van der Waals surface area contributed by atoms with Crippen LogP contribution in [0.15, 0.2) is 54.9 Å². The van der Waals surface area contributed by atoms with E-state index in [1.807, 2.05) is 30.3 Å². The first-order valence-electron chi connectivity index (χ1n) is 10.0. The number of halogens is 3. The third-order valence-corrected chi connectivity index (χ3v) is 5.78. The fraction of sp³-hybridized carbons (Fsp3) is 0.250. The van der Waals surface area contributed by atoms with E-state index in [0.717, 1.165) is 21.2 Å². The SMILES string of the molecule is N#C[C@@H]1CC(F)(F)CN1C(=O)CCC(=O)c1ccncc1-c1ccc2cc(Cl)ccc2c1. The molecule has 0 unspecified atom stereocenters. The number of ketones is 1. The molecule has 0 bridgehead atoms. The van der Waals surface area contributed by atoms with Gasteiger partial charge in [0.15, 0.2) is 5.78 Å². The molecule has 32 heavy (non-hydrogen) atoms. The number of carbonyl (C=O) groups is 2. The Bertz CT molecular complexity index is 1260. The van der Waals surface area contributed by atoms with Crippen LogP contribution < -0.4 is 0 Å². The number of nitrogens with zero attached hydrogens (tertiary/aromatic N) is 3. The number of hydrogen-bond acceptors (Lipinski definition) is 4. The van der Waals surface area contributed by atoms with Crippen molar-refractivity contribution in [2.45, 2.75) is 31.2 Å². The number of aromatic nitrogens is 1. The van der Waals surface area contributed by atoms with E-state index in [1.165, 1.54) is 6.20 Å². The second kappa shape index (κ2) is 8.64. The van der Waals surface area contributed by atoms with Gasteiger partial charge in [-0.05, 0) is 40.6 Å². The van der Waals surface area contributed by atoms with Crippen LogP contribution in [0.4, 0.5) is 8.78 Å². The monoisotopic (exact) mass is 453 g/mol. The van der Waals surface area contributed by atoms with Gasteiger partial charge in [-0.2, -0.15) is 5.26 Å². The van der Waals surface area contributed by atoms with Gasteiger partial charge in [-0.3, -0.25) is 14.6 Å². The normalized spacial score (nSPS) is 17.3. The van der Waals surface area contributed by atoms with Crippen molar-refractivity contribution in [1.82, 2.24) is 9.88 Å². The van der Waals surface area contributed by atoms with Crippen LogP contribution in [0, 0.1) is 11.3 Å². The molecule has 1 aromatic heterocycles. The summed E-state index contributed by atoms with van der Waals surface area (Å²) in [6.07, 6.45) is 2.00. The Labute approximate surface area is 188 Å². The largest absolute Gasteiger partial charge is 0.320 e. The molecule has 0 radical (unpaired) electrons. The first-order chi connectivity index (χ1) is 15.3. The van der Waals surface area contributed by atoms with Gasteiger partial charge in [0, 0.05) is 47.8 Å². The lowest BCUT2D eigenvalue weighted by molar-refractivity contribution is -0.132. The first kappa shape index (κ1) is 21.8. The molecule has 3 aromatic rings. The molecule has 1 atom stereocenters. The molecule has 0 saturated carbocycles. The van der Waals surface area contributed by atoms with Gasteiger partial charge in [-0.15, -0.1) is 0 Å². The minimum atomic E-state index is -3.08. The van der Waals surface area contributed by atoms with Crippen molar-refractivity contribution < 1.29 is 18.4 Å². The van der Waals surface area contributed by atoms with Gasteiger partial charge in [0.25, 0.3) is 5.92 Å². The number of carbonyl (C=O) groups excluding carboxylic acids is 2. The molecule has 4 rings (SSSR count).